The average Bonchev–Trinajstić information content (AvgIpc) is 2.32. The molecule has 0 fully saturated rings. The molecular formula is C15H19N. The van der Waals surface area contributed by atoms with Crippen molar-refractivity contribution < 1.29 is 5.48 Å². The maximum absolute atomic E-state index is 8.31. The van der Waals surface area contributed by atoms with E-state index < -0.39 is 13.2 Å². The Morgan fingerprint density at radius 1 is 1.44 bits per heavy atom. The molecule has 0 aromatic heterocycles. The van der Waals surface area contributed by atoms with Gasteiger partial charge in [-0.05, 0) is 44.1 Å². The minimum atomic E-state index is -2.17. The Labute approximate surface area is 104 Å². The van der Waals surface area contributed by atoms with Gasteiger partial charge >= 0.3 is 0 Å². The number of aryl methyl sites for hydroxylation is 2. The largest absolute Gasteiger partial charge is 0.261 e. The van der Waals surface area contributed by atoms with Gasteiger partial charge in [0.25, 0.3) is 0 Å². The number of rotatable bonds is 1. The first-order chi connectivity index (χ1) is 9.21. The molecule has 1 heterocycles. The quantitative estimate of drug-likeness (QED) is 0.673. The van der Waals surface area contributed by atoms with Gasteiger partial charge in [-0.3, -0.25) is 4.99 Å². The van der Waals surface area contributed by atoms with E-state index in [-0.39, 0.29) is 11.5 Å². The van der Waals surface area contributed by atoms with E-state index in [0.717, 1.165) is 16.7 Å². The summed E-state index contributed by atoms with van der Waals surface area (Å²) in [5, 5.41) is 0. The van der Waals surface area contributed by atoms with Gasteiger partial charge in [0.15, 0.2) is 0 Å². The van der Waals surface area contributed by atoms with Crippen LogP contribution in [0.2, 0.25) is 0 Å². The number of allylic oxidation sites excluding steroid dienone is 1. The summed E-state index contributed by atoms with van der Waals surface area (Å²) in [6, 6.07) is 6.01. The Balaban J connectivity index is 2.48. The van der Waals surface area contributed by atoms with Crippen LogP contribution in [0.4, 0.5) is 0 Å². The number of benzene rings is 1. The number of hydrogen-bond donors (Lipinski definition) is 0. The van der Waals surface area contributed by atoms with E-state index in [2.05, 4.69) is 11.1 Å². The molecule has 0 bridgehead atoms. The average molecular weight is 217 g/mol. The summed E-state index contributed by atoms with van der Waals surface area (Å²) in [7, 11) is 0. The molecule has 2 unspecified atom stereocenters. The standard InChI is InChI=1S/C15H19N/c1-10-5-6-14(12(3)7-10)15-8-11(2)13(4)9-16-15/h5-7,9,11H,8H2,1-4H3/i4D3,8D. The summed E-state index contributed by atoms with van der Waals surface area (Å²) in [6.07, 6.45) is 0.786. The van der Waals surface area contributed by atoms with Crippen molar-refractivity contribution in [2.24, 2.45) is 10.9 Å². The molecule has 2 rings (SSSR count). The van der Waals surface area contributed by atoms with Crippen molar-refractivity contribution in [3.05, 3.63) is 46.7 Å². The van der Waals surface area contributed by atoms with Crippen molar-refractivity contribution in [1.82, 2.24) is 0 Å². The molecule has 0 N–H and O–H groups in total. The zero-order valence-electron chi connectivity index (χ0n) is 13.9. The van der Waals surface area contributed by atoms with Gasteiger partial charge in [-0.25, -0.2) is 0 Å². The fourth-order valence-corrected chi connectivity index (χ4v) is 1.89. The third kappa shape index (κ3) is 2.08. The predicted octanol–water partition coefficient (Wildman–Crippen LogP) is 4.04. The molecule has 1 heteroatoms. The molecule has 16 heavy (non-hydrogen) atoms. The first kappa shape index (κ1) is 7.05. The lowest BCUT2D eigenvalue weighted by Crippen LogP contribution is -2.13. The third-order valence-electron chi connectivity index (χ3n) is 2.90. The van der Waals surface area contributed by atoms with Gasteiger partial charge in [-0.15, -0.1) is 0 Å². The minimum Gasteiger partial charge on any atom is -0.261 e. The normalized spacial score (nSPS) is 29.4. The zero-order valence-corrected chi connectivity index (χ0v) is 9.91. The van der Waals surface area contributed by atoms with E-state index in [4.69, 9.17) is 5.48 Å². The summed E-state index contributed by atoms with van der Waals surface area (Å²) < 4.78 is 30.8. The van der Waals surface area contributed by atoms with Gasteiger partial charge in [0.1, 0.15) is 0 Å². The molecule has 0 saturated carbocycles. The van der Waals surface area contributed by atoms with Gasteiger partial charge in [-0.2, -0.15) is 0 Å². The van der Waals surface area contributed by atoms with E-state index in [1.807, 2.05) is 26.0 Å². The molecule has 1 aliphatic rings. The lowest BCUT2D eigenvalue weighted by Gasteiger charge is -2.19. The third-order valence-corrected chi connectivity index (χ3v) is 2.90. The smallest absolute Gasteiger partial charge is 0.0484 e. The van der Waals surface area contributed by atoms with Crippen molar-refractivity contribution in [3.63, 3.8) is 0 Å². The van der Waals surface area contributed by atoms with Crippen LogP contribution in [0.5, 0.6) is 0 Å². The first-order valence-electron chi connectivity index (χ1n) is 7.57. The monoisotopic (exact) mass is 217 g/mol. The summed E-state index contributed by atoms with van der Waals surface area (Å²) in [5.74, 6) is -0.351. The summed E-state index contributed by atoms with van der Waals surface area (Å²) in [4.78, 5) is 4.28. The van der Waals surface area contributed by atoms with Crippen LogP contribution < -0.4 is 0 Å². The Bertz CT molecular complexity index is 584. The van der Waals surface area contributed by atoms with E-state index in [1.54, 1.807) is 6.92 Å². The Morgan fingerprint density at radius 3 is 2.94 bits per heavy atom. The van der Waals surface area contributed by atoms with Gasteiger partial charge in [0.2, 0.25) is 0 Å². The molecule has 0 aliphatic carbocycles. The molecule has 2 atom stereocenters. The van der Waals surface area contributed by atoms with E-state index in [0.29, 0.717) is 5.71 Å². The zero-order chi connectivity index (χ0) is 15.1. The highest BCUT2D eigenvalue weighted by molar-refractivity contribution is 6.02. The van der Waals surface area contributed by atoms with Crippen LogP contribution >= 0.6 is 0 Å². The number of aliphatic imine (C=N–C) groups is 1. The fourth-order valence-electron chi connectivity index (χ4n) is 1.89. The molecular weight excluding hydrogens is 194 g/mol. The van der Waals surface area contributed by atoms with E-state index >= 15 is 0 Å². The van der Waals surface area contributed by atoms with Gasteiger partial charge < -0.3 is 0 Å². The molecule has 84 valence electrons. The lowest BCUT2D eigenvalue weighted by atomic mass is 9.90. The fraction of sp³-hybridized carbons (Fsp3) is 0.400. The highest BCUT2D eigenvalue weighted by Gasteiger charge is 2.15. The SMILES string of the molecule is [2H]C1C(c2ccc(C)cc2C)=NC=C(C([2H])([2H])[2H])C1C. The van der Waals surface area contributed by atoms with Crippen molar-refractivity contribution >= 4 is 5.71 Å². The van der Waals surface area contributed by atoms with E-state index in [1.165, 1.54) is 6.20 Å². The molecule has 1 nitrogen and oxygen atoms in total. The second-order valence-electron chi connectivity index (χ2n) is 4.37. The van der Waals surface area contributed by atoms with E-state index in [9.17, 15) is 0 Å². The first-order valence-corrected chi connectivity index (χ1v) is 5.50. The molecule has 0 radical (unpaired) electrons. The van der Waals surface area contributed by atoms with Crippen LogP contribution in [0.15, 0.2) is 35.0 Å². The van der Waals surface area contributed by atoms with Gasteiger partial charge in [0.05, 0.1) is 0 Å². The highest BCUT2D eigenvalue weighted by Crippen LogP contribution is 2.24. The maximum Gasteiger partial charge on any atom is 0.0484 e. The highest BCUT2D eigenvalue weighted by atomic mass is 14.7. The predicted molar refractivity (Wildman–Crippen MR) is 70.0 cm³/mol. The van der Waals surface area contributed by atoms with Crippen LogP contribution in [0.1, 0.15) is 42.3 Å². The molecule has 0 saturated heterocycles. The van der Waals surface area contributed by atoms with Crippen LogP contribution in [0.3, 0.4) is 0 Å². The molecule has 1 aliphatic heterocycles. The Hall–Kier alpha value is -1.37. The van der Waals surface area contributed by atoms with Gasteiger partial charge in [-0.1, -0.05) is 36.3 Å². The van der Waals surface area contributed by atoms with Crippen LogP contribution in [0, 0.1) is 19.8 Å². The van der Waals surface area contributed by atoms with Gasteiger partial charge in [0, 0.05) is 17.4 Å². The minimum absolute atomic E-state index is 0.269. The topological polar surface area (TPSA) is 12.4 Å². The molecule has 0 amide bonds. The number of nitrogens with zero attached hydrogens (tertiary/aromatic N) is 1. The lowest BCUT2D eigenvalue weighted by molar-refractivity contribution is 0.702. The second kappa shape index (κ2) is 4.25. The van der Waals surface area contributed by atoms with Crippen LogP contribution in [-0.4, -0.2) is 5.71 Å². The van der Waals surface area contributed by atoms with Crippen LogP contribution in [0.25, 0.3) is 0 Å². The maximum atomic E-state index is 8.31. The summed E-state index contributed by atoms with van der Waals surface area (Å²) >= 11 is 0. The Morgan fingerprint density at radius 2 is 2.25 bits per heavy atom. The van der Waals surface area contributed by atoms with Crippen LogP contribution in [-0.2, 0) is 0 Å². The molecule has 0 spiro atoms. The summed E-state index contributed by atoms with van der Waals surface area (Å²) in [5.41, 5.74) is 4.09. The van der Waals surface area contributed by atoms with Crippen molar-refractivity contribution in [2.75, 3.05) is 0 Å². The van der Waals surface area contributed by atoms with Crippen molar-refractivity contribution in [1.29, 1.82) is 0 Å². The Kier molecular flexibility index (Phi) is 1.87. The summed E-state index contributed by atoms with van der Waals surface area (Å²) in [6.45, 7) is 3.63. The van der Waals surface area contributed by atoms with Crippen molar-refractivity contribution in [2.45, 2.75) is 34.0 Å². The van der Waals surface area contributed by atoms with Crippen molar-refractivity contribution in [3.8, 4) is 0 Å². The molecule has 1 aromatic carbocycles. The molecule has 1 aromatic rings. The second-order valence-corrected chi connectivity index (χ2v) is 4.37. The number of hydrogen-bond acceptors (Lipinski definition) is 1.